The summed E-state index contributed by atoms with van der Waals surface area (Å²) in [6, 6.07) is 8.80. The highest BCUT2D eigenvalue weighted by Gasteiger charge is 2.38. The van der Waals surface area contributed by atoms with Crippen molar-refractivity contribution >= 4 is 34.6 Å². The Bertz CT molecular complexity index is 1330. The minimum atomic E-state index is -1.44. The number of allylic oxidation sites excluding steroid dienone is 1. The highest BCUT2D eigenvalue weighted by molar-refractivity contribution is 6.32. The fourth-order valence-corrected chi connectivity index (χ4v) is 4.29. The van der Waals surface area contributed by atoms with Crippen LogP contribution in [-0.2, 0) is 9.53 Å². The van der Waals surface area contributed by atoms with E-state index in [-0.39, 0.29) is 35.0 Å². The van der Waals surface area contributed by atoms with Crippen LogP contribution in [0.2, 0.25) is 0 Å². The second-order valence-corrected chi connectivity index (χ2v) is 9.15. The van der Waals surface area contributed by atoms with Crippen molar-refractivity contribution in [1.29, 1.82) is 0 Å². The Morgan fingerprint density at radius 1 is 1.19 bits per heavy atom. The molecule has 2 aliphatic rings. The Kier molecular flexibility index (Phi) is 6.42. The van der Waals surface area contributed by atoms with Gasteiger partial charge in [-0.3, -0.25) is 9.59 Å². The molecule has 2 aromatic carbocycles. The van der Waals surface area contributed by atoms with Gasteiger partial charge in [0.1, 0.15) is 17.2 Å². The SMILES string of the molecule is CN(CC(O)CO)C(=O)c1ccc(C2=CC(=C3C(=O)Nc4cc(C(=O)O)c(F)cc43)OC2(C)C)cc1. The average molecular weight is 496 g/mol. The number of aliphatic hydroxyl groups is 2. The number of hydrogen-bond donors (Lipinski definition) is 4. The summed E-state index contributed by atoms with van der Waals surface area (Å²) in [6.45, 7) is 3.14. The van der Waals surface area contributed by atoms with E-state index >= 15 is 0 Å². The molecule has 2 heterocycles. The first kappa shape index (κ1) is 25.1. The number of rotatable bonds is 6. The van der Waals surface area contributed by atoms with Gasteiger partial charge in [0.25, 0.3) is 11.8 Å². The number of ether oxygens (including phenoxy) is 1. The van der Waals surface area contributed by atoms with Gasteiger partial charge >= 0.3 is 5.97 Å². The number of halogens is 1. The van der Waals surface area contributed by atoms with Gasteiger partial charge in [-0.15, -0.1) is 0 Å². The minimum Gasteiger partial charge on any atom is -0.482 e. The molecule has 0 aromatic heterocycles. The number of aromatic carboxylic acids is 1. The maximum atomic E-state index is 14.4. The van der Waals surface area contributed by atoms with Crippen molar-refractivity contribution in [2.75, 3.05) is 25.5 Å². The van der Waals surface area contributed by atoms with Crippen LogP contribution in [0.1, 0.15) is 45.7 Å². The number of anilines is 1. The van der Waals surface area contributed by atoms with Gasteiger partial charge in [0, 0.05) is 30.3 Å². The van der Waals surface area contributed by atoms with Crippen LogP contribution in [0, 0.1) is 5.82 Å². The standard InChI is InChI=1S/C26H25FN2O7/c1-26(2)18(13-4-6-14(7-5-13)24(33)29(3)11-15(31)12-30)10-21(36-26)22-17-8-19(27)16(25(34)35)9-20(17)28-23(22)32/h4-10,15,30-31H,11-12H2,1-3H3,(H,28,32)(H,34,35). The fourth-order valence-electron chi connectivity index (χ4n) is 4.29. The molecule has 1 unspecified atom stereocenters. The topological polar surface area (TPSA) is 136 Å². The third-order valence-corrected chi connectivity index (χ3v) is 6.10. The minimum absolute atomic E-state index is 0.0157. The Morgan fingerprint density at radius 3 is 2.47 bits per heavy atom. The van der Waals surface area contributed by atoms with Crippen LogP contribution in [0.5, 0.6) is 0 Å². The molecule has 9 nitrogen and oxygen atoms in total. The first-order valence-electron chi connectivity index (χ1n) is 11.1. The third-order valence-electron chi connectivity index (χ3n) is 6.10. The number of nitrogens with zero attached hydrogens (tertiary/aromatic N) is 1. The molecule has 2 aliphatic heterocycles. The Balaban J connectivity index is 1.68. The van der Waals surface area contributed by atoms with Crippen molar-refractivity contribution < 1.29 is 38.8 Å². The zero-order chi connectivity index (χ0) is 26.4. The largest absolute Gasteiger partial charge is 0.482 e. The summed E-state index contributed by atoms with van der Waals surface area (Å²) in [6.07, 6.45) is 0.640. The molecule has 2 amide bonds. The number of aliphatic hydroxyl groups excluding tert-OH is 2. The van der Waals surface area contributed by atoms with E-state index in [2.05, 4.69) is 5.32 Å². The first-order valence-corrected chi connectivity index (χ1v) is 11.1. The van der Waals surface area contributed by atoms with Crippen molar-refractivity contribution in [2.45, 2.75) is 25.6 Å². The van der Waals surface area contributed by atoms with Crippen LogP contribution in [0.15, 0.2) is 48.2 Å². The van der Waals surface area contributed by atoms with E-state index in [1.54, 1.807) is 44.2 Å². The molecular weight excluding hydrogens is 471 g/mol. The average Bonchev–Trinajstić information content (AvgIpc) is 3.31. The summed E-state index contributed by atoms with van der Waals surface area (Å²) in [5, 5.41) is 30.3. The molecule has 1 atom stereocenters. The lowest BCUT2D eigenvalue weighted by molar-refractivity contribution is -0.111. The van der Waals surface area contributed by atoms with Gasteiger partial charge in [-0.2, -0.15) is 0 Å². The highest BCUT2D eigenvalue weighted by Crippen LogP contribution is 2.44. The predicted molar refractivity (Wildman–Crippen MR) is 129 cm³/mol. The van der Waals surface area contributed by atoms with Crippen molar-refractivity contribution in [1.82, 2.24) is 4.90 Å². The Morgan fingerprint density at radius 2 is 1.86 bits per heavy atom. The second kappa shape index (κ2) is 9.21. The summed E-state index contributed by atoms with van der Waals surface area (Å²) >= 11 is 0. The Labute approximate surface area is 206 Å². The number of carboxylic acid groups (broad SMARTS) is 1. The normalized spacial score (nSPS) is 18.7. The summed E-state index contributed by atoms with van der Waals surface area (Å²) in [7, 11) is 1.52. The lowest BCUT2D eigenvalue weighted by atomic mass is 9.91. The van der Waals surface area contributed by atoms with Crippen molar-refractivity contribution in [2.24, 2.45) is 0 Å². The fraction of sp³-hybridized carbons (Fsp3) is 0.269. The third kappa shape index (κ3) is 4.48. The zero-order valence-electron chi connectivity index (χ0n) is 19.8. The first-order chi connectivity index (χ1) is 16.9. The van der Waals surface area contributed by atoms with E-state index in [9.17, 15) is 23.9 Å². The van der Waals surface area contributed by atoms with Gasteiger partial charge in [0.15, 0.2) is 0 Å². The van der Waals surface area contributed by atoms with E-state index in [1.807, 2.05) is 0 Å². The molecule has 188 valence electrons. The van der Waals surface area contributed by atoms with Crippen molar-refractivity contribution in [3.8, 4) is 0 Å². The van der Waals surface area contributed by atoms with Crippen LogP contribution >= 0.6 is 0 Å². The van der Waals surface area contributed by atoms with Crippen molar-refractivity contribution in [3.05, 3.63) is 76.3 Å². The number of likely N-dealkylation sites (N-methyl/N-ethyl adjacent to an activating group) is 1. The van der Waals surface area contributed by atoms with E-state index in [4.69, 9.17) is 14.9 Å². The lowest BCUT2D eigenvalue weighted by Crippen LogP contribution is -2.35. The molecule has 0 saturated heterocycles. The predicted octanol–water partition coefficient (Wildman–Crippen LogP) is 2.50. The molecule has 36 heavy (non-hydrogen) atoms. The van der Waals surface area contributed by atoms with Gasteiger partial charge < -0.3 is 30.3 Å². The molecular formula is C26H25FN2O7. The number of hydrogen-bond acceptors (Lipinski definition) is 6. The smallest absolute Gasteiger partial charge is 0.338 e. The zero-order valence-corrected chi connectivity index (χ0v) is 19.8. The molecule has 0 spiro atoms. The molecule has 0 radical (unpaired) electrons. The van der Waals surface area contributed by atoms with Crippen molar-refractivity contribution in [3.63, 3.8) is 0 Å². The van der Waals surface area contributed by atoms with Gasteiger partial charge in [0.05, 0.1) is 29.5 Å². The van der Waals surface area contributed by atoms with Crippen LogP contribution < -0.4 is 5.32 Å². The van der Waals surface area contributed by atoms with Crippen LogP contribution in [0.25, 0.3) is 11.1 Å². The summed E-state index contributed by atoms with van der Waals surface area (Å²) < 4.78 is 20.4. The summed E-state index contributed by atoms with van der Waals surface area (Å²) in [5.41, 5.74) is 0.917. The molecule has 0 aliphatic carbocycles. The van der Waals surface area contributed by atoms with Gasteiger partial charge in [0.2, 0.25) is 0 Å². The van der Waals surface area contributed by atoms with E-state index in [0.717, 1.165) is 23.3 Å². The number of carbonyl (C=O) groups excluding carboxylic acids is 2. The second-order valence-electron chi connectivity index (χ2n) is 9.15. The molecule has 10 heteroatoms. The maximum absolute atomic E-state index is 14.4. The monoisotopic (exact) mass is 496 g/mol. The number of nitrogens with one attached hydrogen (secondary N) is 1. The molecule has 2 aromatic rings. The maximum Gasteiger partial charge on any atom is 0.338 e. The van der Waals surface area contributed by atoms with E-state index in [1.165, 1.54) is 11.9 Å². The Hall–Kier alpha value is -4.02. The summed E-state index contributed by atoms with van der Waals surface area (Å²) in [5.74, 6) is -3.05. The van der Waals surface area contributed by atoms with Gasteiger partial charge in [-0.1, -0.05) is 12.1 Å². The number of benzene rings is 2. The number of carboxylic acids is 1. The van der Waals surface area contributed by atoms with E-state index in [0.29, 0.717) is 5.56 Å². The highest BCUT2D eigenvalue weighted by atomic mass is 19.1. The van der Waals surface area contributed by atoms with Crippen LogP contribution in [-0.4, -0.2) is 69.9 Å². The molecule has 0 fully saturated rings. The quantitative estimate of drug-likeness (QED) is 0.451. The molecule has 4 rings (SSSR count). The molecule has 4 N–H and O–H groups in total. The van der Waals surface area contributed by atoms with Crippen LogP contribution in [0.4, 0.5) is 10.1 Å². The van der Waals surface area contributed by atoms with E-state index < -0.39 is 41.6 Å². The van der Waals surface area contributed by atoms with Crippen LogP contribution in [0.3, 0.4) is 0 Å². The van der Waals surface area contributed by atoms with Gasteiger partial charge in [-0.25, -0.2) is 9.18 Å². The lowest BCUT2D eigenvalue weighted by Gasteiger charge is -2.24. The van der Waals surface area contributed by atoms with Gasteiger partial charge in [-0.05, 0) is 49.8 Å². The number of carbonyl (C=O) groups is 3. The number of fused-ring (bicyclic) bond motifs is 1. The molecule has 0 saturated carbocycles. The number of amides is 2. The molecule has 0 bridgehead atoms. The summed E-state index contributed by atoms with van der Waals surface area (Å²) in [4.78, 5) is 37.9.